The van der Waals surface area contributed by atoms with Crippen molar-refractivity contribution in [3.05, 3.63) is 83.8 Å². The number of aliphatic hydroxyl groups excluding tert-OH is 1. The second kappa shape index (κ2) is 10.8. The lowest BCUT2D eigenvalue weighted by Crippen LogP contribution is -2.56. The van der Waals surface area contributed by atoms with Gasteiger partial charge in [0.05, 0.1) is 12.1 Å². The first kappa shape index (κ1) is 24.6. The standard InChI is InChI=1S/C25H24FN5O5/c1-2-13-30-24(34)29-23(31(25(30)35)15-16-3-5-18(26)6-4-16)28-19-7-9-20(10-8-19)36-21-14-17(22(32)33)11-12-27-21/h3-12,14,24,34H,2,13,15H2,1H3,(H,28,29)(H,32,33)/t24-/m1/s1. The molecule has 1 aliphatic rings. The Balaban J connectivity index is 1.53. The van der Waals surface area contributed by atoms with Crippen molar-refractivity contribution in [2.75, 3.05) is 11.9 Å². The number of halogens is 1. The molecule has 36 heavy (non-hydrogen) atoms. The van der Waals surface area contributed by atoms with E-state index in [1.54, 1.807) is 36.4 Å². The second-order valence-corrected chi connectivity index (χ2v) is 7.93. The molecule has 2 heterocycles. The summed E-state index contributed by atoms with van der Waals surface area (Å²) in [6.45, 7) is 2.32. The van der Waals surface area contributed by atoms with Crippen LogP contribution in [0.5, 0.6) is 11.6 Å². The molecule has 0 spiro atoms. The van der Waals surface area contributed by atoms with E-state index in [9.17, 15) is 19.1 Å². The van der Waals surface area contributed by atoms with Crippen LogP contribution in [0.4, 0.5) is 14.9 Å². The van der Waals surface area contributed by atoms with Crippen LogP contribution in [0.15, 0.2) is 71.9 Å². The summed E-state index contributed by atoms with van der Waals surface area (Å²) in [6.07, 6.45) is 0.632. The van der Waals surface area contributed by atoms with Gasteiger partial charge >= 0.3 is 12.0 Å². The maximum absolute atomic E-state index is 13.3. The van der Waals surface area contributed by atoms with E-state index in [2.05, 4.69) is 15.3 Å². The summed E-state index contributed by atoms with van der Waals surface area (Å²) in [5.74, 6) is -0.800. The number of urea groups is 1. The molecular formula is C25H24FN5O5. The Bertz CT molecular complexity index is 1270. The number of aliphatic hydroxyl groups is 1. The molecule has 186 valence electrons. The molecule has 0 saturated carbocycles. The molecule has 1 aromatic heterocycles. The van der Waals surface area contributed by atoms with Crippen LogP contribution in [0.3, 0.4) is 0 Å². The third-order valence-electron chi connectivity index (χ3n) is 5.28. The summed E-state index contributed by atoms with van der Waals surface area (Å²) in [6, 6.07) is 14.6. The molecular weight excluding hydrogens is 469 g/mol. The van der Waals surface area contributed by atoms with Crippen molar-refractivity contribution in [2.24, 2.45) is 4.99 Å². The fourth-order valence-electron chi connectivity index (χ4n) is 3.51. The number of benzene rings is 2. The smallest absolute Gasteiger partial charge is 0.335 e. The number of rotatable bonds is 8. The number of carboxylic acid groups (broad SMARTS) is 1. The van der Waals surface area contributed by atoms with Crippen molar-refractivity contribution in [2.45, 2.75) is 26.2 Å². The molecule has 1 aliphatic heterocycles. The topological polar surface area (TPSA) is 128 Å². The number of hydrogen-bond donors (Lipinski definition) is 3. The SMILES string of the molecule is CCCN1C(=O)N(Cc2ccc(F)cc2)C(Nc2ccc(Oc3cc(C(=O)O)ccn3)cc2)=N[C@H]1O. The number of nitrogens with one attached hydrogen (secondary N) is 1. The summed E-state index contributed by atoms with van der Waals surface area (Å²) in [5, 5.41) is 22.6. The van der Waals surface area contributed by atoms with E-state index in [0.29, 0.717) is 30.0 Å². The first-order valence-electron chi connectivity index (χ1n) is 11.2. The van der Waals surface area contributed by atoms with Crippen LogP contribution in [-0.4, -0.2) is 55.9 Å². The number of carbonyl (C=O) groups excluding carboxylic acids is 1. The van der Waals surface area contributed by atoms with E-state index in [-0.39, 0.29) is 29.8 Å². The van der Waals surface area contributed by atoms with E-state index in [0.717, 1.165) is 0 Å². The number of hydrogen-bond acceptors (Lipinski definition) is 7. The number of guanidine groups is 1. The third-order valence-corrected chi connectivity index (χ3v) is 5.28. The predicted octanol–water partition coefficient (Wildman–Crippen LogP) is 4.10. The van der Waals surface area contributed by atoms with Crippen LogP contribution in [0.25, 0.3) is 0 Å². The van der Waals surface area contributed by atoms with Gasteiger partial charge in [0.25, 0.3) is 0 Å². The molecule has 0 bridgehead atoms. The fourth-order valence-corrected chi connectivity index (χ4v) is 3.51. The number of carboxylic acids is 1. The van der Waals surface area contributed by atoms with Crippen LogP contribution in [0.1, 0.15) is 29.3 Å². The average molecular weight is 493 g/mol. The number of ether oxygens (including phenoxy) is 1. The molecule has 0 aliphatic carbocycles. The second-order valence-electron chi connectivity index (χ2n) is 7.93. The number of amides is 2. The summed E-state index contributed by atoms with van der Waals surface area (Å²) >= 11 is 0. The van der Waals surface area contributed by atoms with E-state index in [4.69, 9.17) is 9.84 Å². The molecule has 1 atom stereocenters. The van der Waals surface area contributed by atoms with Crippen LogP contribution < -0.4 is 10.1 Å². The highest BCUT2D eigenvalue weighted by Crippen LogP contribution is 2.24. The van der Waals surface area contributed by atoms with Gasteiger partial charge in [0.2, 0.25) is 18.2 Å². The maximum Gasteiger partial charge on any atom is 0.335 e. The number of aromatic nitrogens is 1. The highest BCUT2D eigenvalue weighted by atomic mass is 19.1. The molecule has 2 aromatic carbocycles. The summed E-state index contributed by atoms with van der Waals surface area (Å²) in [7, 11) is 0. The number of carbonyl (C=O) groups is 2. The average Bonchev–Trinajstić information content (AvgIpc) is 2.86. The van der Waals surface area contributed by atoms with Gasteiger partial charge in [0.1, 0.15) is 11.6 Å². The van der Waals surface area contributed by atoms with Crippen molar-refractivity contribution in [3.63, 3.8) is 0 Å². The normalized spacial score (nSPS) is 15.5. The van der Waals surface area contributed by atoms with E-state index < -0.39 is 18.4 Å². The Hall–Kier alpha value is -4.51. The van der Waals surface area contributed by atoms with Gasteiger partial charge in [0.15, 0.2) is 0 Å². The molecule has 3 aromatic rings. The zero-order valence-electron chi connectivity index (χ0n) is 19.3. The quantitative estimate of drug-likeness (QED) is 0.431. The number of aliphatic imine (C=N–C) groups is 1. The summed E-state index contributed by atoms with van der Waals surface area (Å²) in [5.41, 5.74) is 1.29. The van der Waals surface area contributed by atoms with Crippen LogP contribution >= 0.6 is 0 Å². The first-order valence-corrected chi connectivity index (χ1v) is 11.2. The minimum atomic E-state index is -1.35. The lowest BCUT2D eigenvalue weighted by atomic mass is 10.2. The minimum Gasteiger partial charge on any atom is -0.478 e. The van der Waals surface area contributed by atoms with Crippen LogP contribution in [-0.2, 0) is 6.54 Å². The first-order chi connectivity index (χ1) is 17.3. The lowest BCUT2D eigenvalue weighted by molar-refractivity contribution is 0.0203. The number of nitrogens with zero attached hydrogens (tertiary/aromatic N) is 4. The largest absolute Gasteiger partial charge is 0.478 e. The third kappa shape index (κ3) is 5.76. The van der Waals surface area contributed by atoms with Gasteiger partial charge in [-0.25, -0.2) is 19.0 Å². The van der Waals surface area contributed by atoms with Crippen molar-refractivity contribution in [3.8, 4) is 11.6 Å². The Kier molecular flexibility index (Phi) is 7.40. The van der Waals surface area contributed by atoms with Crippen LogP contribution in [0.2, 0.25) is 0 Å². The van der Waals surface area contributed by atoms with E-state index in [1.165, 1.54) is 40.3 Å². The number of anilines is 1. The Labute approximate surface area is 206 Å². The van der Waals surface area contributed by atoms with Gasteiger partial charge in [-0.05, 0) is 54.4 Å². The molecule has 11 heteroatoms. The molecule has 4 rings (SSSR count). The molecule has 0 radical (unpaired) electrons. The van der Waals surface area contributed by atoms with Gasteiger partial charge in [-0.15, -0.1) is 0 Å². The van der Waals surface area contributed by atoms with Gasteiger partial charge in [-0.3, -0.25) is 9.80 Å². The van der Waals surface area contributed by atoms with E-state index in [1.807, 2.05) is 6.92 Å². The molecule has 10 nitrogen and oxygen atoms in total. The zero-order valence-corrected chi connectivity index (χ0v) is 19.3. The summed E-state index contributed by atoms with van der Waals surface area (Å²) in [4.78, 5) is 35.2. The molecule has 0 unspecified atom stereocenters. The predicted molar refractivity (Wildman–Crippen MR) is 129 cm³/mol. The molecule has 3 N–H and O–H groups in total. The maximum atomic E-state index is 13.3. The number of pyridine rings is 1. The van der Waals surface area contributed by atoms with Gasteiger partial charge < -0.3 is 20.3 Å². The molecule has 0 fully saturated rings. The lowest BCUT2D eigenvalue weighted by Gasteiger charge is -2.37. The Morgan fingerprint density at radius 3 is 2.53 bits per heavy atom. The van der Waals surface area contributed by atoms with Crippen LogP contribution in [0, 0.1) is 5.82 Å². The summed E-state index contributed by atoms with van der Waals surface area (Å²) < 4.78 is 19.0. The highest BCUT2D eigenvalue weighted by Gasteiger charge is 2.34. The van der Waals surface area contributed by atoms with E-state index >= 15 is 0 Å². The van der Waals surface area contributed by atoms with Crippen molar-refractivity contribution < 1.29 is 28.9 Å². The highest BCUT2D eigenvalue weighted by molar-refractivity contribution is 6.05. The van der Waals surface area contributed by atoms with Crippen molar-refractivity contribution in [1.29, 1.82) is 0 Å². The Morgan fingerprint density at radius 2 is 1.86 bits per heavy atom. The van der Waals surface area contributed by atoms with Gasteiger partial charge in [-0.2, -0.15) is 4.99 Å². The zero-order chi connectivity index (χ0) is 25.7. The molecule has 0 saturated heterocycles. The minimum absolute atomic E-state index is 0.0511. The number of aromatic carboxylic acids is 1. The van der Waals surface area contributed by atoms with Gasteiger partial charge in [-0.1, -0.05) is 19.1 Å². The van der Waals surface area contributed by atoms with Crippen molar-refractivity contribution in [1.82, 2.24) is 14.8 Å². The van der Waals surface area contributed by atoms with Crippen molar-refractivity contribution >= 4 is 23.6 Å². The molecule has 2 amide bonds. The Morgan fingerprint density at radius 1 is 1.14 bits per heavy atom. The fraction of sp³-hybridized carbons (Fsp3) is 0.200. The monoisotopic (exact) mass is 493 g/mol. The van der Waals surface area contributed by atoms with Gasteiger partial charge in [0, 0.05) is 24.5 Å².